The summed E-state index contributed by atoms with van der Waals surface area (Å²) in [7, 11) is -0.474. The Morgan fingerprint density at radius 1 is 0.533 bits per heavy atom. The van der Waals surface area contributed by atoms with E-state index in [0.717, 1.165) is 47.5 Å². The number of hydrogen-bond donors (Lipinski definition) is 3. The first-order chi connectivity index (χ1) is 42.5. The maximum Gasteiger partial charge on any atom is 0.586 e. The van der Waals surface area contributed by atoms with Crippen molar-refractivity contribution in [3.63, 3.8) is 0 Å². The zero-order chi connectivity index (χ0) is 67.1. The first-order valence-corrected chi connectivity index (χ1v) is 28.0. The SMILES string of the molecule is C.CC1(C)OB(c2cnc(N)cn2)OC1(C)C.Cc1cc2c(cc1-c1cnc(N)cn1)OC(F)(F)O2.Cc1cc2c(cc1-c1cnc(NC(=O)c3c(F)cccc3F)cn1)OC(F)(F)O2.Cc1cc2c(cc1Br)OC(F)(F)O2.ClCCl.O=C(Cl)c1c(F)cccc1F. The quantitative estimate of drug-likeness (QED) is 0.0606. The fourth-order valence-corrected chi connectivity index (χ4v) is 8.35. The Kier molecular flexibility index (Phi) is 23.2. The molecule has 0 radical (unpaired) electrons. The molecule has 5 N–H and O–H groups in total. The number of nitrogens with one attached hydrogen (secondary N) is 1. The molecule has 488 valence electrons. The van der Waals surface area contributed by atoms with Gasteiger partial charge in [-0.15, -0.1) is 49.5 Å². The van der Waals surface area contributed by atoms with E-state index in [2.05, 4.69) is 79.6 Å². The van der Waals surface area contributed by atoms with E-state index in [0.29, 0.717) is 44.0 Å². The maximum absolute atomic E-state index is 13.7. The van der Waals surface area contributed by atoms with E-state index in [4.69, 9.17) is 55.6 Å². The Morgan fingerprint density at radius 3 is 1.25 bits per heavy atom. The zero-order valence-corrected chi connectivity index (χ0v) is 51.7. The zero-order valence-electron chi connectivity index (χ0n) is 47.9. The molecule has 1 fully saturated rings. The number of carbonyl (C=O) groups is 2. The lowest BCUT2D eigenvalue weighted by atomic mass is 9.85. The van der Waals surface area contributed by atoms with Crippen molar-refractivity contribution in [2.45, 2.75) is 86.0 Å². The van der Waals surface area contributed by atoms with Crippen LogP contribution in [-0.2, 0) is 9.31 Å². The molecule has 0 saturated carbocycles. The number of nitrogen functional groups attached to an aromatic ring is 2. The Hall–Kier alpha value is -8.49. The number of aryl methyl sites for hydroxylation is 3. The molecule has 7 heterocycles. The Bertz CT molecular complexity index is 3890. The van der Waals surface area contributed by atoms with Crippen LogP contribution in [0.25, 0.3) is 22.5 Å². The second-order valence-corrected chi connectivity index (χ2v) is 21.9. The van der Waals surface area contributed by atoms with Crippen LogP contribution < -0.4 is 50.8 Å². The summed E-state index contributed by atoms with van der Waals surface area (Å²) in [6, 6.07) is 14.8. The van der Waals surface area contributed by atoms with Gasteiger partial charge in [0, 0.05) is 21.8 Å². The van der Waals surface area contributed by atoms with E-state index >= 15 is 0 Å². The molecule has 1 amide bonds. The highest BCUT2D eigenvalue weighted by Gasteiger charge is 2.53. The number of halogens is 14. The van der Waals surface area contributed by atoms with Crippen LogP contribution in [0.1, 0.15) is 72.5 Å². The minimum Gasteiger partial charge on any atom is -0.398 e. The normalized spacial score (nSPS) is 15.3. The summed E-state index contributed by atoms with van der Waals surface area (Å²) < 4.78 is 168. The lowest BCUT2D eigenvalue weighted by Crippen LogP contribution is -2.41. The Labute approximate surface area is 541 Å². The van der Waals surface area contributed by atoms with Gasteiger partial charge in [-0.2, -0.15) is 0 Å². The van der Waals surface area contributed by atoms with Gasteiger partial charge in [0.15, 0.2) is 40.3 Å². The van der Waals surface area contributed by atoms with Crippen LogP contribution in [0, 0.1) is 44.0 Å². The lowest BCUT2D eigenvalue weighted by molar-refractivity contribution is -0.287. The van der Waals surface area contributed by atoms with Gasteiger partial charge in [0.25, 0.3) is 11.1 Å². The summed E-state index contributed by atoms with van der Waals surface area (Å²) in [6.07, 6.45) is -2.50. The highest BCUT2D eigenvalue weighted by atomic mass is 79.9. The summed E-state index contributed by atoms with van der Waals surface area (Å²) in [5.74, 6) is -4.43. The van der Waals surface area contributed by atoms with Gasteiger partial charge in [0.2, 0.25) is 0 Å². The van der Waals surface area contributed by atoms with Crippen molar-refractivity contribution < 1.29 is 91.2 Å². The van der Waals surface area contributed by atoms with Crippen molar-refractivity contribution in [3.8, 4) is 57.0 Å². The number of rotatable bonds is 6. The van der Waals surface area contributed by atoms with E-state index in [1.807, 2.05) is 27.7 Å². The topological polar surface area (TPSA) is 249 Å². The molecule has 19 nitrogen and oxygen atoms in total. The number of carbonyl (C=O) groups excluding carboxylic acids is 2. The first-order valence-electron chi connectivity index (χ1n) is 25.7. The largest absolute Gasteiger partial charge is 0.586 e. The summed E-state index contributed by atoms with van der Waals surface area (Å²) in [6.45, 7) is 13.2. The van der Waals surface area contributed by atoms with E-state index in [1.54, 1.807) is 27.0 Å². The van der Waals surface area contributed by atoms with Crippen molar-refractivity contribution >= 4 is 92.0 Å². The van der Waals surface area contributed by atoms with E-state index in [1.165, 1.54) is 67.4 Å². The average molecular weight is 1420 g/mol. The molecule has 1 saturated heterocycles. The smallest absolute Gasteiger partial charge is 0.398 e. The molecule has 0 unspecified atom stereocenters. The van der Waals surface area contributed by atoms with Gasteiger partial charge in [0.1, 0.15) is 46.0 Å². The Morgan fingerprint density at radius 2 is 0.891 bits per heavy atom. The standard InChI is InChI=1S/C19H11F4N3O3.C12H9F2N3O2.C10H16BN3O2.C8H5BrF2O2.C7H3ClF2O.CH2Cl2.CH4/c1-9-5-14-15(29-19(22,23)28-14)6-10(9)13-7-25-16(8-24-13)26-18(27)17-11(20)3-2-4-12(17)21;1-6-2-9-10(19-12(13,14)18-9)3-7(6)8-4-17-11(15)5-16-8;1-9(2)10(3,4)16-11(15-9)7-5-14-8(12)6-13-7;1-4-2-6-7(3-5(4)9)13-8(10,11)12-6;8-7(11)6-4(9)2-1-3-5(6)10;2-1-3;/h2-8H,1H3,(H,25,26,27);2-5H,1H3,(H2,15,17);5-6H,1-4H3,(H2,12,14);2-3H,1H3;1-3H;1H2;1H4. The molecule has 0 spiro atoms. The Balaban J connectivity index is 0.000000188. The minimum absolute atomic E-state index is 0. The van der Waals surface area contributed by atoms with Gasteiger partial charge in [-0.05, 0) is 137 Å². The second kappa shape index (κ2) is 29.4. The number of nitrogens with zero attached hydrogens (tertiary/aromatic N) is 6. The van der Waals surface area contributed by atoms with Crippen LogP contribution in [0.15, 0.2) is 114 Å². The summed E-state index contributed by atoms with van der Waals surface area (Å²) >= 11 is 17.6. The fourth-order valence-electron chi connectivity index (χ4n) is 7.84. The van der Waals surface area contributed by atoms with Gasteiger partial charge >= 0.3 is 26.0 Å². The highest BCUT2D eigenvalue weighted by Crippen LogP contribution is 2.47. The number of aromatic nitrogens is 6. The molecule has 12 rings (SSSR count). The second-order valence-electron chi connectivity index (χ2n) is 19.9. The van der Waals surface area contributed by atoms with Gasteiger partial charge in [0.05, 0.1) is 64.5 Å². The summed E-state index contributed by atoms with van der Waals surface area (Å²) in [5.41, 5.74) is 13.4. The lowest BCUT2D eigenvalue weighted by Gasteiger charge is -2.32. The predicted molar refractivity (Wildman–Crippen MR) is 323 cm³/mol. The molecule has 5 aromatic carbocycles. The van der Waals surface area contributed by atoms with Crippen molar-refractivity contribution in [2.24, 2.45) is 0 Å². The van der Waals surface area contributed by atoms with E-state index in [9.17, 15) is 53.5 Å². The molecule has 4 aliphatic heterocycles. The van der Waals surface area contributed by atoms with Gasteiger partial charge in [-0.1, -0.05) is 35.5 Å². The molecule has 92 heavy (non-hydrogen) atoms. The molecule has 34 heteroatoms. The number of fused-ring (bicyclic) bond motifs is 3. The van der Waals surface area contributed by atoms with Gasteiger partial charge < -0.3 is 54.5 Å². The molecule has 8 aromatic rings. The van der Waals surface area contributed by atoms with E-state index < -0.39 is 71.5 Å². The van der Waals surface area contributed by atoms with E-state index in [-0.39, 0.29) is 70.1 Å². The van der Waals surface area contributed by atoms with Crippen LogP contribution in [0.2, 0.25) is 0 Å². The third-order valence-corrected chi connectivity index (χ3v) is 13.9. The van der Waals surface area contributed by atoms with Crippen LogP contribution in [-0.4, -0.2) is 83.6 Å². The molecule has 0 aliphatic carbocycles. The van der Waals surface area contributed by atoms with Crippen molar-refractivity contribution in [1.29, 1.82) is 0 Å². The van der Waals surface area contributed by atoms with Crippen LogP contribution in [0.5, 0.6) is 34.5 Å². The van der Waals surface area contributed by atoms with Crippen molar-refractivity contribution in [1.82, 2.24) is 29.9 Å². The van der Waals surface area contributed by atoms with Crippen LogP contribution >= 0.6 is 50.7 Å². The van der Waals surface area contributed by atoms with Gasteiger partial charge in [-0.3, -0.25) is 24.5 Å². The molecule has 3 aromatic heterocycles. The molecule has 0 atom stereocenters. The maximum atomic E-state index is 13.7. The summed E-state index contributed by atoms with van der Waals surface area (Å²) in [5, 5.41) is 1.32. The monoisotopic (exact) mass is 1420 g/mol. The number of alkyl halides is 8. The third kappa shape index (κ3) is 18.2. The van der Waals surface area contributed by atoms with Gasteiger partial charge in [-0.25, -0.2) is 32.5 Å². The molecular weight excluding hydrogens is 1370 g/mol. The molecule has 4 aliphatic rings. The number of ether oxygens (including phenoxy) is 6. The number of nitrogens with two attached hydrogens (primary N) is 2. The number of hydrogen-bond acceptors (Lipinski definition) is 18. The fraction of sp³-hybridized carbons (Fsp3) is 0.241. The highest BCUT2D eigenvalue weighted by molar-refractivity contribution is 9.10. The third-order valence-electron chi connectivity index (χ3n) is 12.8. The number of amides is 1. The van der Waals surface area contributed by atoms with Crippen LogP contribution in [0.3, 0.4) is 0 Å². The van der Waals surface area contributed by atoms with Crippen molar-refractivity contribution in [3.05, 3.63) is 166 Å². The molecular formula is C58H50BBrCl3F10N9O10. The average Bonchev–Trinajstić information content (AvgIpc) is 1.63. The number of benzene rings is 5. The number of anilines is 3. The first kappa shape index (κ1) is 72.6. The predicted octanol–water partition coefficient (Wildman–Crippen LogP) is 14.5. The van der Waals surface area contributed by atoms with Crippen LogP contribution in [0.4, 0.5) is 61.4 Å². The minimum atomic E-state index is -3.74. The summed E-state index contributed by atoms with van der Waals surface area (Å²) in [4.78, 5) is 46.7. The molecule has 0 bridgehead atoms. The van der Waals surface area contributed by atoms with Crippen molar-refractivity contribution in [2.75, 3.05) is 22.1 Å².